The molecule has 1 saturated heterocycles. The summed E-state index contributed by atoms with van der Waals surface area (Å²) in [4.78, 5) is 15.5. The number of anilines is 1. The van der Waals surface area contributed by atoms with Crippen LogP contribution in [-0.4, -0.2) is 38.9 Å². The summed E-state index contributed by atoms with van der Waals surface area (Å²) in [6.45, 7) is 4.84. The minimum absolute atomic E-state index is 0.112. The van der Waals surface area contributed by atoms with Gasteiger partial charge in [0.05, 0.1) is 10.6 Å². The van der Waals surface area contributed by atoms with Crippen molar-refractivity contribution in [3.05, 3.63) is 94.5 Å². The first-order chi connectivity index (χ1) is 16.8. The van der Waals surface area contributed by atoms with Gasteiger partial charge < -0.3 is 5.32 Å². The zero-order chi connectivity index (χ0) is 24.8. The first-order valence-corrected chi connectivity index (χ1v) is 13.6. The van der Waals surface area contributed by atoms with Crippen LogP contribution in [0.15, 0.2) is 77.7 Å². The molecule has 0 radical (unpaired) electrons. The third-order valence-corrected chi connectivity index (χ3v) is 8.44. The molecule has 0 spiro atoms. The second kappa shape index (κ2) is 11.2. The molecule has 0 bridgehead atoms. The van der Waals surface area contributed by atoms with Crippen LogP contribution in [0.1, 0.15) is 29.5 Å². The van der Waals surface area contributed by atoms with Crippen molar-refractivity contribution in [3.8, 4) is 0 Å². The molecule has 0 unspecified atom stereocenters. The van der Waals surface area contributed by atoms with Gasteiger partial charge in [-0.05, 0) is 73.8 Å². The van der Waals surface area contributed by atoms with Crippen LogP contribution < -0.4 is 9.62 Å². The topological polar surface area (TPSA) is 69.7 Å². The maximum atomic E-state index is 13.5. The SMILES string of the molecule is Cc1ccc(N(CC(=O)NCc2ccccc2CN2CCCC2)S(=O)(=O)c2ccccc2)cc1Cl. The maximum absolute atomic E-state index is 13.5. The van der Waals surface area contributed by atoms with Gasteiger partial charge in [0.15, 0.2) is 0 Å². The molecule has 3 aromatic carbocycles. The van der Waals surface area contributed by atoms with Crippen LogP contribution in [0.2, 0.25) is 5.02 Å². The summed E-state index contributed by atoms with van der Waals surface area (Å²) in [6.07, 6.45) is 2.43. The number of rotatable bonds is 9. The van der Waals surface area contributed by atoms with E-state index in [0.717, 1.165) is 35.1 Å². The molecule has 1 aliphatic rings. The minimum atomic E-state index is -3.98. The van der Waals surface area contributed by atoms with Crippen molar-refractivity contribution in [2.75, 3.05) is 23.9 Å². The molecule has 1 amide bonds. The van der Waals surface area contributed by atoms with Crippen LogP contribution in [0.4, 0.5) is 5.69 Å². The molecular weight excluding hydrogens is 482 g/mol. The Kier molecular flexibility index (Phi) is 8.11. The van der Waals surface area contributed by atoms with Gasteiger partial charge in [-0.25, -0.2) is 8.42 Å². The Bertz CT molecular complexity index is 1280. The molecule has 1 heterocycles. The van der Waals surface area contributed by atoms with Gasteiger partial charge in [-0.15, -0.1) is 0 Å². The zero-order valence-electron chi connectivity index (χ0n) is 19.8. The van der Waals surface area contributed by atoms with Crippen LogP contribution >= 0.6 is 11.6 Å². The fourth-order valence-corrected chi connectivity index (χ4v) is 5.83. The Labute approximate surface area is 212 Å². The van der Waals surface area contributed by atoms with E-state index < -0.39 is 15.9 Å². The van der Waals surface area contributed by atoms with Crippen molar-refractivity contribution >= 4 is 33.2 Å². The van der Waals surface area contributed by atoms with Crippen molar-refractivity contribution in [1.29, 1.82) is 0 Å². The van der Waals surface area contributed by atoms with Gasteiger partial charge in [0, 0.05) is 18.1 Å². The number of benzene rings is 3. The molecule has 3 aromatic rings. The average Bonchev–Trinajstić information content (AvgIpc) is 3.37. The molecule has 1 aliphatic heterocycles. The number of amides is 1. The number of aryl methyl sites for hydroxylation is 1. The highest BCUT2D eigenvalue weighted by Crippen LogP contribution is 2.28. The Morgan fingerprint density at radius 3 is 2.31 bits per heavy atom. The Balaban J connectivity index is 1.53. The maximum Gasteiger partial charge on any atom is 0.264 e. The number of nitrogens with zero attached hydrogens (tertiary/aromatic N) is 2. The van der Waals surface area contributed by atoms with Crippen molar-refractivity contribution in [2.45, 2.75) is 37.8 Å². The Morgan fingerprint density at radius 1 is 0.971 bits per heavy atom. The molecule has 6 nitrogen and oxygen atoms in total. The van der Waals surface area contributed by atoms with Gasteiger partial charge in [0.25, 0.3) is 10.0 Å². The van der Waals surface area contributed by atoms with Crippen LogP contribution in [0.25, 0.3) is 0 Å². The van der Waals surface area contributed by atoms with Gasteiger partial charge >= 0.3 is 0 Å². The fraction of sp³-hybridized carbons (Fsp3) is 0.296. The van der Waals surface area contributed by atoms with E-state index in [-0.39, 0.29) is 11.4 Å². The van der Waals surface area contributed by atoms with E-state index in [1.165, 1.54) is 30.5 Å². The molecule has 0 atom stereocenters. The minimum Gasteiger partial charge on any atom is -0.350 e. The van der Waals surface area contributed by atoms with Crippen LogP contribution in [0.3, 0.4) is 0 Å². The van der Waals surface area contributed by atoms with E-state index >= 15 is 0 Å². The summed E-state index contributed by atoms with van der Waals surface area (Å²) < 4.78 is 28.1. The standard InChI is InChI=1S/C27H30ClN3O3S/c1-21-13-14-24(17-26(21)28)31(35(33,34)25-11-3-2-4-12-25)20-27(32)29-18-22-9-5-6-10-23(22)19-30-15-7-8-16-30/h2-6,9-14,17H,7-8,15-16,18-20H2,1H3,(H,29,32). The van der Waals surface area contributed by atoms with Gasteiger partial charge in [0.2, 0.25) is 5.91 Å². The number of likely N-dealkylation sites (tertiary alicyclic amines) is 1. The predicted molar refractivity (Wildman–Crippen MR) is 140 cm³/mol. The highest BCUT2D eigenvalue weighted by molar-refractivity contribution is 7.92. The second-order valence-corrected chi connectivity index (χ2v) is 11.1. The van der Waals surface area contributed by atoms with E-state index in [4.69, 9.17) is 11.6 Å². The summed E-state index contributed by atoms with van der Waals surface area (Å²) in [6, 6.07) is 21.1. The van der Waals surface area contributed by atoms with E-state index in [2.05, 4.69) is 16.3 Å². The molecule has 1 fully saturated rings. The van der Waals surface area contributed by atoms with E-state index in [1.54, 1.807) is 36.4 Å². The third-order valence-electron chi connectivity index (χ3n) is 6.25. The smallest absolute Gasteiger partial charge is 0.264 e. The Hall–Kier alpha value is -2.87. The number of halogens is 1. The molecule has 184 valence electrons. The van der Waals surface area contributed by atoms with Crippen molar-refractivity contribution in [1.82, 2.24) is 10.2 Å². The van der Waals surface area contributed by atoms with Gasteiger partial charge in [0.1, 0.15) is 6.54 Å². The van der Waals surface area contributed by atoms with Crippen LogP contribution in [0, 0.1) is 6.92 Å². The lowest BCUT2D eigenvalue weighted by Gasteiger charge is -2.25. The fourth-order valence-electron chi connectivity index (χ4n) is 4.22. The van der Waals surface area contributed by atoms with Crippen molar-refractivity contribution in [3.63, 3.8) is 0 Å². The molecule has 35 heavy (non-hydrogen) atoms. The van der Waals surface area contributed by atoms with Crippen molar-refractivity contribution < 1.29 is 13.2 Å². The number of carbonyl (C=O) groups excluding carboxylic acids is 1. The molecule has 0 saturated carbocycles. The van der Waals surface area contributed by atoms with E-state index in [1.807, 2.05) is 25.1 Å². The van der Waals surface area contributed by atoms with Gasteiger partial charge in [-0.2, -0.15) is 0 Å². The highest BCUT2D eigenvalue weighted by atomic mass is 35.5. The lowest BCUT2D eigenvalue weighted by atomic mass is 10.1. The highest BCUT2D eigenvalue weighted by Gasteiger charge is 2.27. The summed E-state index contributed by atoms with van der Waals surface area (Å²) in [5, 5.41) is 3.35. The molecule has 8 heteroatoms. The molecule has 4 rings (SSSR count). The number of hydrogen-bond acceptors (Lipinski definition) is 4. The number of nitrogens with one attached hydrogen (secondary N) is 1. The van der Waals surface area contributed by atoms with E-state index in [9.17, 15) is 13.2 Å². The summed E-state index contributed by atoms with van der Waals surface area (Å²) >= 11 is 6.29. The van der Waals surface area contributed by atoms with Crippen LogP contribution in [0.5, 0.6) is 0 Å². The third kappa shape index (κ3) is 6.23. The summed E-state index contributed by atoms with van der Waals surface area (Å²) in [7, 11) is -3.98. The lowest BCUT2D eigenvalue weighted by Crippen LogP contribution is -2.40. The van der Waals surface area contributed by atoms with Gasteiger partial charge in [-0.3, -0.25) is 14.0 Å². The Morgan fingerprint density at radius 2 is 1.63 bits per heavy atom. The first kappa shape index (κ1) is 25.2. The quantitative estimate of drug-likeness (QED) is 0.450. The lowest BCUT2D eigenvalue weighted by molar-refractivity contribution is -0.119. The van der Waals surface area contributed by atoms with E-state index in [0.29, 0.717) is 17.3 Å². The predicted octanol–water partition coefficient (Wildman–Crippen LogP) is 4.76. The molecule has 1 N–H and O–H groups in total. The monoisotopic (exact) mass is 511 g/mol. The normalized spacial score (nSPS) is 14.1. The number of hydrogen-bond donors (Lipinski definition) is 1. The summed E-state index contributed by atoms with van der Waals surface area (Å²) in [5.41, 5.74) is 3.37. The average molecular weight is 512 g/mol. The second-order valence-electron chi connectivity index (χ2n) is 8.79. The molecular formula is C27H30ClN3O3S. The van der Waals surface area contributed by atoms with Crippen molar-refractivity contribution in [2.24, 2.45) is 0 Å². The number of carbonyl (C=O) groups is 1. The van der Waals surface area contributed by atoms with Gasteiger partial charge in [-0.1, -0.05) is 60.1 Å². The number of sulfonamides is 1. The largest absolute Gasteiger partial charge is 0.350 e. The summed E-state index contributed by atoms with van der Waals surface area (Å²) in [5.74, 6) is -0.392. The molecule has 0 aliphatic carbocycles. The first-order valence-electron chi connectivity index (χ1n) is 11.7. The molecule has 0 aromatic heterocycles. The zero-order valence-corrected chi connectivity index (χ0v) is 21.4. The van der Waals surface area contributed by atoms with Crippen LogP contribution in [-0.2, 0) is 27.9 Å².